The molecule has 0 saturated heterocycles. The molecule has 123 heavy (non-hydrogen) atoms. The van der Waals surface area contributed by atoms with Crippen LogP contribution in [0.5, 0.6) is 0 Å². The van der Waals surface area contributed by atoms with Gasteiger partial charge in [-0.2, -0.15) is 0 Å². The molecule has 0 spiro atoms. The molecular weight excluding hydrogens is 1610 g/mol. The first kappa shape index (κ1) is 95.5. The lowest BCUT2D eigenvalue weighted by Crippen LogP contribution is -2.29. The third-order valence-electron chi connectivity index (χ3n) is 23.2. The average Bonchev–Trinajstić information content (AvgIpc) is 0.749. The molecule has 3 aliphatic carbocycles. The zero-order chi connectivity index (χ0) is 88.7. The molecule has 0 saturated carbocycles. The van der Waals surface area contributed by atoms with E-state index in [0.29, 0.717) is 112 Å². The number of nitrogens with one attached hydrogen (secondary N) is 3. The summed E-state index contributed by atoms with van der Waals surface area (Å²) in [5.41, 5.74) is 23.7. The van der Waals surface area contributed by atoms with Crippen molar-refractivity contribution in [1.29, 1.82) is 0 Å². The second-order valence-corrected chi connectivity index (χ2v) is 34.7. The Bertz CT molecular complexity index is 6070. The summed E-state index contributed by atoms with van der Waals surface area (Å²) >= 11 is 0. The summed E-state index contributed by atoms with van der Waals surface area (Å²) in [4.78, 5) is 6.02. The summed E-state index contributed by atoms with van der Waals surface area (Å²) in [5, 5.41) is 15.2. The smallest absolute Gasteiger partial charge is 0.203 e. The van der Waals surface area contributed by atoms with Crippen molar-refractivity contribution >= 4 is 80.3 Å². The number of hydrogen-bond donors (Lipinski definition) is 5. The first-order valence-corrected chi connectivity index (χ1v) is 48.3. The van der Waals surface area contributed by atoms with Crippen molar-refractivity contribution < 1.29 is 52.2 Å². The van der Waals surface area contributed by atoms with Crippen LogP contribution >= 0.6 is 0 Å². The zero-order valence-corrected chi connectivity index (χ0v) is 76.6. The lowest BCUT2D eigenvalue weighted by Gasteiger charge is -2.23. The molecule has 3 heterocycles. The second kappa shape index (κ2) is 44.8. The Morgan fingerprint density at radius 2 is 0.602 bits per heavy atom. The Labute approximate surface area is 728 Å². The molecule has 0 fully saturated rings. The van der Waals surface area contributed by atoms with Gasteiger partial charge in [-0.3, -0.25) is 0 Å². The minimum absolute atomic E-state index is 0.204. The maximum Gasteiger partial charge on any atom is 0.203 e. The molecule has 6 aliphatic rings. The van der Waals surface area contributed by atoms with E-state index in [2.05, 4.69) is 134 Å². The fourth-order valence-corrected chi connectivity index (χ4v) is 18.7. The van der Waals surface area contributed by atoms with Crippen LogP contribution in [0.15, 0.2) is 192 Å². The van der Waals surface area contributed by atoms with Gasteiger partial charge in [-0.05, 0) is 211 Å². The molecule has 0 unspecified atom stereocenters. The van der Waals surface area contributed by atoms with E-state index in [-0.39, 0.29) is 14.7 Å². The zero-order valence-electron chi connectivity index (χ0n) is 74.1. The second-order valence-electron chi connectivity index (χ2n) is 30.6. The fraction of sp³-hybridized carbons (Fsp3) is 0.412. The van der Waals surface area contributed by atoms with Gasteiger partial charge in [-0.25, -0.2) is 39.0 Å². The van der Waals surface area contributed by atoms with Crippen molar-refractivity contribution in [2.45, 2.75) is 169 Å². The van der Waals surface area contributed by atoms with Crippen LogP contribution in [0.1, 0.15) is 152 Å². The quantitative estimate of drug-likeness (QED) is 0.0103. The number of unbranched alkanes of at least 4 members (excludes halogenated alkanes) is 5. The molecule has 12 rings (SSSR count). The topological polar surface area (TPSA) is 318 Å². The van der Waals surface area contributed by atoms with Crippen molar-refractivity contribution in [1.82, 2.24) is 29.7 Å². The number of rotatable bonds is 39. The molecule has 0 aromatic heterocycles. The maximum atomic E-state index is 12.8. The normalized spacial score (nSPS) is 11.9. The molecule has 3 aliphatic heterocycles. The standard InChI is InChI=1S/C35H47N3O4S.C32H42N4O4S.C30H38N4O4S/c1-6-11-12-13-14-21-36-25-26-15-18-31(34(22-26)43(39,40)41)35-29-19-16-27(37(7-2)8-3)23-32(29)42-33-24-28(17-20-30(33)35)38(9-4)10-5;1-5-35(6-2)24-12-15-26-29(20-24)40-30-21-25(36(7-3)8-4)13-16-27(30)32(26)28-14-11-23(19-31(28)41(37,38)39)22-34-18-10-9-17-33;1-5-33(6-2)22-10-13-24-27(18-22)38-28-19-23(34(7-3)8-4)11-14-25(28)30(24)26-12-9-21(20-32-16-15-31)17-29(26)39(35,36)37/h15-20,22-24,36H,6-14,21,25H2,1-5H3;11-16,19-21,34H,5-10,17-18,22,33H2,1-4H3;9-14,17-19,32H,5-8,15-16,20,31H2,1-4H3. The van der Waals surface area contributed by atoms with E-state index in [0.717, 1.165) is 188 Å². The highest BCUT2D eigenvalue weighted by Gasteiger charge is 2.28. The van der Waals surface area contributed by atoms with Crippen LogP contribution in [0, 0.1) is 0 Å². The Kier molecular flexibility index (Phi) is 34.8. The van der Waals surface area contributed by atoms with Crippen molar-refractivity contribution in [2.24, 2.45) is 11.5 Å². The van der Waals surface area contributed by atoms with E-state index in [4.69, 9.17) is 24.7 Å². The molecule has 0 radical (unpaired) electrons. The first-order valence-electron chi connectivity index (χ1n) is 44.1. The molecule has 6 aromatic rings. The molecule has 660 valence electrons. The molecular formula is C97H127N11O12S3. The highest BCUT2D eigenvalue weighted by molar-refractivity contribution is 7.86. The first-order chi connectivity index (χ1) is 59.2. The van der Waals surface area contributed by atoms with Gasteiger partial charge in [0.05, 0.1) is 32.9 Å². The molecule has 0 atom stereocenters. The maximum absolute atomic E-state index is 12.8. The average molecular weight is 1740 g/mol. The largest absolute Gasteiger partial charge is 0.744 e. The minimum atomic E-state index is -4.78. The summed E-state index contributed by atoms with van der Waals surface area (Å²) in [5.74, 6) is 1.90. The summed E-state index contributed by atoms with van der Waals surface area (Å²) in [6.45, 7) is 42.2. The monoisotopic (exact) mass is 1730 g/mol. The van der Waals surface area contributed by atoms with E-state index in [9.17, 15) is 38.9 Å². The molecule has 23 nitrogen and oxygen atoms in total. The molecule has 6 aromatic carbocycles. The van der Waals surface area contributed by atoms with Crippen LogP contribution in [-0.2, 0) is 50.0 Å². The van der Waals surface area contributed by atoms with Gasteiger partial charge >= 0.3 is 0 Å². The number of hydrogen-bond acceptors (Lipinski definition) is 20. The van der Waals surface area contributed by atoms with Gasteiger partial charge < -0.3 is 69.0 Å². The van der Waals surface area contributed by atoms with E-state index >= 15 is 0 Å². The lowest BCUT2D eigenvalue weighted by molar-refractivity contribution is 0.461. The summed E-state index contributed by atoms with van der Waals surface area (Å²) in [7, 11) is -14.3. The Hall–Kier alpha value is -9.68. The highest BCUT2D eigenvalue weighted by atomic mass is 32.2. The van der Waals surface area contributed by atoms with E-state index in [1.165, 1.54) is 43.9 Å². The molecule has 7 N–H and O–H groups in total. The van der Waals surface area contributed by atoms with Gasteiger partial charge in [-0.1, -0.05) is 69.0 Å². The molecule has 0 bridgehead atoms. The SMILES string of the molecule is CCCCCCCNCc1ccc(-c2c3ccc(=[N+](CC)CC)cc-3oc3cc(N(CC)CC)ccc23)c(S(=O)(=O)[O-])c1.CCN(CC)c1ccc2c(-c3ccc(CNCCCCN)cc3S(=O)(=O)[O-])c3ccc(=[N+](CC)CC)cc-3oc2c1.CCN(CC)c1ccc2c(-c3ccc(CNCCN)cc3S(=O)(=O)[O-])c3ccc(=[N+](CC)CC)cc-3oc2c1. The fourth-order valence-electron chi connectivity index (χ4n) is 16.5. The van der Waals surface area contributed by atoms with Gasteiger partial charge in [0, 0.05) is 192 Å². The molecule has 26 heteroatoms. The van der Waals surface area contributed by atoms with Gasteiger partial charge in [0.15, 0.2) is 0 Å². The van der Waals surface area contributed by atoms with Crippen molar-refractivity contribution in [3.05, 3.63) is 197 Å². The highest BCUT2D eigenvalue weighted by Crippen LogP contribution is 2.47. The van der Waals surface area contributed by atoms with Crippen LogP contribution in [0.3, 0.4) is 0 Å². The molecule has 0 amide bonds. The summed E-state index contributed by atoms with van der Waals surface area (Å²) in [6.07, 6.45) is 7.77. The Morgan fingerprint density at radius 1 is 0.317 bits per heavy atom. The van der Waals surface area contributed by atoms with Gasteiger partial charge in [-0.15, -0.1) is 0 Å². The number of nitrogens with zero attached hydrogens (tertiary/aromatic N) is 6. The lowest BCUT2D eigenvalue weighted by atomic mass is 9.92. The Morgan fingerprint density at radius 3 is 0.870 bits per heavy atom. The third-order valence-corrected chi connectivity index (χ3v) is 25.8. The predicted molar refractivity (Wildman–Crippen MR) is 500 cm³/mol. The van der Waals surface area contributed by atoms with Crippen LogP contribution in [-0.4, -0.2) is 150 Å². The van der Waals surface area contributed by atoms with Crippen LogP contribution in [0.25, 0.3) is 100 Å². The van der Waals surface area contributed by atoms with Gasteiger partial charge in [0.25, 0.3) is 0 Å². The van der Waals surface area contributed by atoms with Gasteiger partial charge in [0.2, 0.25) is 16.1 Å². The van der Waals surface area contributed by atoms with Crippen molar-refractivity contribution in [2.75, 3.05) is 126 Å². The van der Waals surface area contributed by atoms with Crippen molar-refractivity contribution in [3.8, 4) is 67.4 Å². The predicted octanol–water partition coefficient (Wildman–Crippen LogP) is 15.2. The number of benzene rings is 9. The number of fused-ring (bicyclic) bond motifs is 6. The van der Waals surface area contributed by atoms with E-state index in [1.807, 2.05) is 127 Å². The third kappa shape index (κ3) is 23.3. The summed E-state index contributed by atoms with van der Waals surface area (Å²) < 4.78 is 140. The van der Waals surface area contributed by atoms with E-state index < -0.39 is 30.4 Å². The van der Waals surface area contributed by atoms with Gasteiger partial charge in [0.1, 0.15) is 104 Å². The van der Waals surface area contributed by atoms with Crippen LogP contribution < -0.4 is 71.9 Å². The van der Waals surface area contributed by atoms with Crippen LogP contribution in [0.4, 0.5) is 17.1 Å². The van der Waals surface area contributed by atoms with E-state index in [1.54, 1.807) is 18.2 Å². The van der Waals surface area contributed by atoms with Crippen molar-refractivity contribution in [3.63, 3.8) is 0 Å². The Balaban J connectivity index is 0.000000193. The number of anilines is 3. The number of nitrogens with two attached hydrogens (primary N) is 2. The minimum Gasteiger partial charge on any atom is -0.744 e. The summed E-state index contributed by atoms with van der Waals surface area (Å²) in [6, 6.07) is 51.4. The van der Waals surface area contributed by atoms with Crippen LogP contribution in [0.2, 0.25) is 0 Å².